The molecule has 0 aliphatic rings. The van der Waals surface area contributed by atoms with Crippen LogP contribution in [0.3, 0.4) is 0 Å². The molecule has 8 heteroatoms. The predicted octanol–water partition coefficient (Wildman–Crippen LogP) is 2.54. The second-order valence-corrected chi connectivity index (χ2v) is 4.73. The SMILES string of the molecule is CN=C(NCc1ccc(F)cc1C(F)(F)F)NC(C)COC. The van der Waals surface area contributed by atoms with Crippen LogP contribution >= 0.6 is 0 Å². The van der Waals surface area contributed by atoms with Gasteiger partial charge in [0.15, 0.2) is 5.96 Å². The Labute approximate surface area is 126 Å². The second kappa shape index (κ2) is 7.98. The molecule has 1 atom stereocenters. The lowest BCUT2D eigenvalue weighted by molar-refractivity contribution is -0.138. The normalized spacial score (nSPS) is 13.9. The minimum atomic E-state index is -4.61. The number of aliphatic imine (C=N–C) groups is 1. The summed E-state index contributed by atoms with van der Waals surface area (Å²) in [7, 11) is 3.05. The zero-order valence-electron chi connectivity index (χ0n) is 12.6. The summed E-state index contributed by atoms with van der Waals surface area (Å²) < 4.78 is 56.6. The number of nitrogens with zero attached hydrogens (tertiary/aromatic N) is 1. The van der Waals surface area contributed by atoms with Crippen LogP contribution in [0.2, 0.25) is 0 Å². The average Bonchev–Trinajstić information content (AvgIpc) is 2.43. The minimum Gasteiger partial charge on any atom is -0.383 e. The number of ether oxygens (including phenoxy) is 1. The summed E-state index contributed by atoms with van der Waals surface area (Å²) in [6.45, 7) is 2.13. The van der Waals surface area contributed by atoms with Gasteiger partial charge in [0.2, 0.25) is 0 Å². The maximum atomic E-state index is 13.0. The first kappa shape index (κ1) is 18.2. The van der Waals surface area contributed by atoms with Gasteiger partial charge in [-0.1, -0.05) is 6.07 Å². The fourth-order valence-corrected chi connectivity index (χ4v) is 1.87. The van der Waals surface area contributed by atoms with Gasteiger partial charge in [-0.05, 0) is 24.6 Å². The molecule has 0 spiro atoms. The van der Waals surface area contributed by atoms with Crippen molar-refractivity contribution in [2.24, 2.45) is 4.99 Å². The van der Waals surface area contributed by atoms with Crippen LogP contribution in [0.1, 0.15) is 18.1 Å². The molecule has 0 heterocycles. The Morgan fingerprint density at radius 3 is 2.59 bits per heavy atom. The molecule has 0 bridgehead atoms. The molecule has 2 N–H and O–H groups in total. The van der Waals surface area contributed by atoms with Crippen molar-refractivity contribution >= 4 is 5.96 Å². The van der Waals surface area contributed by atoms with Crippen LogP contribution in [-0.4, -0.2) is 32.8 Å². The summed E-state index contributed by atoms with van der Waals surface area (Å²) in [6, 6.07) is 2.53. The standard InChI is InChI=1S/C14H19F4N3O/c1-9(8-22-3)21-13(19-2)20-7-10-4-5-11(15)6-12(10)14(16,17)18/h4-6,9H,7-8H2,1-3H3,(H2,19,20,21). The molecule has 0 aliphatic heterocycles. The van der Waals surface area contributed by atoms with Crippen LogP contribution in [0.5, 0.6) is 0 Å². The van der Waals surface area contributed by atoms with Crippen LogP contribution < -0.4 is 10.6 Å². The maximum absolute atomic E-state index is 13.0. The van der Waals surface area contributed by atoms with E-state index in [0.717, 1.165) is 12.1 Å². The van der Waals surface area contributed by atoms with E-state index in [1.54, 1.807) is 7.11 Å². The molecule has 0 radical (unpaired) electrons. The number of methoxy groups -OCH3 is 1. The number of guanidine groups is 1. The highest BCUT2D eigenvalue weighted by molar-refractivity contribution is 5.79. The van der Waals surface area contributed by atoms with Crippen molar-refractivity contribution in [2.75, 3.05) is 20.8 Å². The molecule has 0 saturated heterocycles. The van der Waals surface area contributed by atoms with Crippen molar-refractivity contribution in [2.45, 2.75) is 25.7 Å². The fraction of sp³-hybridized carbons (Fsp3) is 0.500. The third kappa shape index (κ3) is 5.51. The predicted molar refractivity (Wildman–Crippen MR) is 76.1 cm³/mol. The number of alkyl halides is 3. The van der Waals surface area contributed by atoms with E-state index in [9.17, 15) is 17.6 Å². The molecule has 22 heavy (non-hydrogen) atoms. The van der Waals surface area contributed by atoms with Crippen LogP contribution in [0, 0.1) is 5.82 Å². The van der Waals surface area contributed by atoms with Crippen LogP contribution in [0.15, 0.2) is 23.2 Å². The highest BCUT2D eigenvalue weighted by Gasteiger charge is 2.33. The highest BCUT2D eigenvalue weighted by atomic mass is 19.4. The molecule has 1 rings (SSSR count). The highest BCUT2D eigenvalue weighted by Crippen LogP contribution is 2.32. The molecule has 0 amide bonds. The Kier molecular flexibility index (Phi) is 6.61. The smallest absolute Gasteiger partial charge is 0.383 e. The lowest BCUT2D eigenvalue weighted by atomic mass is 10.1. The Hall–Kier alpha value is -1.83. The topological polar surface area (TPSA) is 45.7 Å². The monoisotopic (exact) mass is 321 g/mol. The van der Waals surface area contributed by atoms with Crippen molar-refractivity contribution in [1.29, 1.82) is 0 Å². The molecule has 0 aromatic heterocycles. The summed E-state index contributed by atoms with van der Waals surface area (Å²) in [5, 5.41) is 5.73. The van der Waals surface area contributed by atoms with E-state index in [1.165, 1.54) is 7.05 Å². The van der Waals surface area contributed by atoms with Crippen molar-refractivity contribution in [1.82, 2.24) is 10.6 Å². The lowest BCUT2D eigenvalue weighted by Gasteiger charge is -2.18. The minimum absolute atomic E-state index is 0.0590. The molecule has 1 aromatic rings. The number of nitrogens with one attached hydrogen (secondary N) is 2. The van der Waals surface area contributed by atoms with E-state index in [2.05, 4.69) is 15.6 Å². The number of hydrogen-bond donors (Lipinski definition) is 2. The van der Waals surface area contributed by atoms with Crippen LogP contribution in [0.4, 0.5) is 17.6 Å². The Balaban J connectivity index is 2.79. The Morgan fingerprint density at radius 2 is 2.05 bits per heavy atom. The summed E-state index contributed by atoms with van der Waals surface area (Å²) in [5.41, 5.74) is -1.06. The van der Waals surface area contributed by atoms with Crippen molar-refractivity contribution in [3.8, 4) is 0 Å². The summed E-state index contributed by atoms with van der Waals surface area (Å²) >= 11 is 0. The molecular formula is C14H19F4N3O. The second-order valence-electron chi connectivity index (χ2n) is 4.73. The zero-order valence-corrected chi connectivity index (χ0v) is 12.6. The maximum Gasteiger partial charge on any atom is 0.416 e. The van der Waals surface area contributed by atoms with E-state index in [0.29, 0.717) is 18.6 Å². The number of hydrogen-bond acceptors (Lipinski definition) is 2. The Bertz CT molecular complexity index is 517. The summed E-state index contributed by atoms with van der Waals surface area (Å²) in [5.74, 6) is -0.589. The number of rotatable bonds is 5. The number of halogens is 4. The summed E-state index contributed by atoms with van der Waals surface area (Å²) in [6.07, 6.45) is -4.61. The van der Waals surface area contributed by atoms with Crippen LogP contribution in [-0.2, 0) is 17.5 Å². The van der Waals surface area contributed by atoms with Crippen molar-refractivity contribution in [3.63, 3.8) is 0 Å². The van der Waals surface area contributed by atoms with Crippen LogP contribution in [0.25, 0.3) is 0 Å². The van der Waals surface area contributed by atoms with Gasteiger partial charge in [-0.25, -0.2) is 4.39 Å². The van der Waals surface area contributed by atoms with E-state index in [-0.39, 0.29) is 18.2 Å². The molecule has 1 aromatic carbocycles. The first-order valence-corrected chi connectivity index (χ1v) is 6.59. The molecule has 1 unspecified atom stereocenters. The van der Waals surface area contributed by atoms with Gasteiger partial charge in [0.25, 0.3) is 0 Å². The molecule has 0 fully saturated rings. The van der Waals surface area contributed by atoms with Gasteiger partial charge in [0, 0.05) is 26.7 Å². The zero-order chi connectivity index (χ0) is 16.8. The molecular weight excluding hydrogens is 302 g/mol. The molecule has 0 saturated carbocycles. The quantitative estimate of drug-likeness (QED) is 0.498. The first-order valence-electron chi connectivity index (χ1n) is 6.59. The van der Waals surface area contributed by atoms with E-state index >= 15 is 0 Å². The van der Waals surface area contributed by atoms with Crippen molar-refractivity contribution in [3.05, 3.63) is 35.1 Å². The summed E-state index contributed by atoms with van der Waals surface area (Å²) in [4.78, 5) is 3.92. The van der Waals surface area contributed by atoms with Gasteiger partial charge in [-0.15, -0.1) is 0 Å². The van der Waals surface area contributed by atoms with Gasteiger partial charge in [0.05, 0.1) is 12.2 Å². The third-order valence-electron chi connectivity index (χ3n) is 2.85. The van der Waals surface area contributed by atoms with E-state index in [1.807, 2.05) is 6.92 Å². The van der Waals surface area contributed by atoms with Gasteiger partial charge in [-0.3, -0.25) is 4.99 Å². The van der Waals surface area contributed by atoms with Crippen molar-refractivity contribution < 1.29 is 22.3 Å². The van der Waals surface area contributed by atoms with E-state index < -0.39 is 17.6 Å². The largest absolute Gasteiger partial charge is 0.416 e. The average molecular weight is 321 g/mol. The Morgan fingerprint density at radius 1 is 1.36 bits per heavy atom. The van der Waals surface area contributed by atoms with Gasteiger partial charge < -0.3 is 15.4 Å². The molecule has 0 aliphatic carbocycles. The molecule has 4 nitrogen and oxygen atoms in total. The van der Waals surface area contributed by atoms with Gasteiger partial charge in [-0.2, -0.15) is 13.2 Å². The van der Waals surface area contributed by atoms with E-state index in [4.69, 9.17) is 4.74 Å². The fourth-order valence-electron chi connectivity index (χ4n) is 1.87. The lowest BCUT2D eigenvalue weighted by Crippen LogP contribution is -2.43. The van der Waals surface area contributed by atoms with Gasteiger partial charge in [0.1, 0.15) is 5.82 Å². The van der Waals surface area contributed by atoms with Gasteiger partial charge >= 0.3 is 6.18 Å². The number of benzene rings is 1. The first-order chi connectivity index (χ1) is 10.3. The third-order valence-corrected chi connectivity index (χ3v) is 2.85. The molecule has 124 valence electrons.